The average molecular weight is 307 g/mol. The molecule has 2 heterocycles. The minimum Gasteiger partial charge on any atom is -0.478 e. The highest BCUT2D eigenvalue weighted by Gasteiger charge is 2.20. The van der Waals surface area contributed by atoms with Crippen LogP contribution in [0.1, 0.15) is 10.4 Å². The Balaban J connectivity index is 2.12. The lowest BCUT2D eigenvalue weighted by Gasteiger charge is -2.03. The van der Waals surface area contributed by atoms with E-state index in [4.69, 9.17) is 5.11 Å². The molecule has 0 saturated carbocycles. The molecule has 0 aliphatic heterocycles. The Bertz CT molecular complexity index is 815. The van der Waals surface area contributed by atoms with E-state index < -0.39 is 23.2 Å². The Morgan fingerprint density at radius 1 is 1.29 bits per heavy atom. The van der Waals surface area contributed by atoms with Crippen LogP contribution in [0.3, 0.4) is 0 Å². The predicted molar refractivity (Wildman–Crippen MR) is 72.0 cm³/mol. The Hall–Kier alpha value is -2.61. The van der Waals surface area contributed by atoms with E-state index in [-0.39, 0.29) is 11.4 Å². The van der Waals surface area contributed by atoms with Crippen molar-refractivity contribution in [3.63, 3.8) is 0 Å². The minimum atomic E-state index is -1.38. The van der Waals surface area contributed by atoms with Crippen molar-refractivity contribution in [3.8, 4) is 22.1 Å². The van der Waals surface area contributed by atoms with E-state index in [1.165, 1.54) is 11.3 Å². The van der Waals surface area contributed by atoms with Crippen LogP contribution in [0.2, 0.25) is 0 Å². The lowest BCUT2D eigenvalue weighted by atomic mass is 10.1. The van der Waals surface area contributed by atoms with Crippen molar-refractivity contribution < 1.29 is 18.7 Å². The number of H-pyrrole nitrogens is 1. The third kappa shape index (κ3) is 2.40. The van der Waals surface area contributed by atoms with Crippen LogP contribution in [0.5, 0.6) is 0 Å². The third-order valence-corrected chi connectivity index (χ3v) is 3.65. The minimum absolute atomic E-state index is 0.00491. The van der Waals surface area contributed by atoms with E-state index in [2.05, 4.69) is 15.2 Å². The van der Waals surface area contributed by atoms with Gasteiger partial charge in [0.1, 0.15) is 0 Å². The molecule has 2 aromatic heterocycles. The summed E-state index contributed by atoms with van der Waals surface area (Å²) in [6.45, 7) is 0. The van der Waals surface area contributed by atoms with Crippen molar-refractivity contribution in [1.29, 1.82) is 0 Å². The van der Waals surface area contributed by atoms with Gasteiger partial charge in [0.05, 0.1) is 10.4 Å². The zero-order valence-corrected chi connectivity index (χ0v) is 11.1. The fourth-order valence-electron chi connectivity index (χ4n) is 1.81. The second kappa shape index (κ2) is 5.06. The zero-order valence-electron chi connectivity index (χ0n) is 10.3. The van der Waals surface area contributed by atoms with Gasteiger partial charge in [0.2, 0.25) is 0 Å². The van der Waals surface area contributed by atoms with Gasteiger partial charge >= 0.3 is 5.97 Å². The summed E-state index contributed by atoms with van der Waals surface area (Å²) in [6.07, 6.45) is 0. The van der Waals surface area contributed by atoms with Gasteiger partial charge in [-0.3, -0.25) is 5.10 Å². The number of hydrogen-bond acceptors (Lipinski definition) is 4. The number of aromatic amines is 1. The molecule has 0 aliphatic carbocycles. The molecule has 106 valence electrons. The number of thiophene rings is 1. The molecule has 0 radical (unpaired) electrons. The normalized spacial score (nSPS) is 10.8. The first kappa shape index (κ1) is 13.4. The molecule has 21 heavy (non-hydrogen) atoms. The molecule has 0 spiro atoms. The van der Waals surface area contributed by atoms with Gasteiger partial charge in [0.15, 0.2) is 23.3 Å². The quantitative estimate of drug-likeness (QED) is 0.779. The van der Waals surface area contributed by atoms with Crippen LogP contribution < -0.4 is 0 Å². The molecule has 0 saturated heterocycles. The average Bonchev–Trinajstić information content (AvgIpc) is 3.10. The highest BCUT2D eigenvalue weighted by molar-refractivity contribution is 7.13. The van der Waals surface area contributed by atoms with Crippen LogP contribution in [0.15, 0.2) is 29.6 Å². The molecule has 0 atom stereocenters. The number of aromatic carboxylic acids is 1. The number of halogens is 2. The first-order valence-corrected chi connectivity index (χ1v) is 6.63. The molecule has 8 heteroatoms. The Morgan fingerprint density at radius 2 is 2.05 bits per heavy atom. The van der Waals surface area contributed by atoms with Crippen molar-refractivity contribution in [3.05, 3.63) is 46.8 Å². The van der Waals surface area contributed by atoms with Crippen LogP contribution in [-0.4, -0.2) is 26.3 Å². The van der Waals surface area contributed by atoms with Gasteiger partial charge in [-0.05, 0) is 23.6 Å². The molecule has 0 aliphatic rings. The standard InChI is InChI=1S/C13H7F2N3O2S/c14-8-4-6(7(13(19)20)5-9(8)15)11-16-12(18-17-11)10-2-1-3-21-10/h1-5H,(H,19,20)(H,16,17,18). The predicted octanol–water partition coefficient (Wildman–Crippen LogP) is 3.18. The van der Waals surface area contributed by atoms with E-state index in [0.29, 0.717) is 11.9 Å². The number of nitrogens with one attached hydrogen (secondary N) is 1. The first-order valence-electron chi connectivity index (χ1n) is 5.75. The number of rotatable bonds is 3. The van der Waals surface area contributed by atoms with Gasteiger partial charge in [-0.25, -0.2) is 18.6 Å². The number of nitrogens with zero attached hydrogens (tertiary/aromatic N) is 2. The molecule has 2 N–H and O–H groups in total. The summed E-state index contributed by atoms with van der Waals surface area (Å²) in [6, 6.07) is 5.02. The largest absolute Gasteiger partial charge is 0.478 e. The first-order chi connectivity index (χ1) is 10.1. The number of carbonyl (C=O) groups is 1. The van der Waals surface area contributed by atoms with E-state index in [9.17, 15) is 13.6 Å². The monoisotopic (exact) mass is 307 g/mol. The van der Waals surface area contributed by atoms with E-state index in [0.717, 1.165) is 10.9 Å². The molecule has 5 nitrogen and oxygen atoms in total. The Kier molecular flexibility index (Phi) is 3.22. The molecule has 0 unspecified atom stereocenters. The van der Waals surface area contributed by atoms with E-state index >= 15 is 0 Å². The summed E-state index contributed by atoms with van der Waals surface area (Å²) in [7, 11) is 0. The van der Waals surface area contributed by atoms with Crippen LogP contribution in [0.4, 0.5) is 8.78 Å². The SMILES string of the molecule is O=C(O)c1cc(F)c(F)cc1-c1n[nH]c(-c2cccs2)n1. The summed E-state index contributed by atoms with van der Waals surface area (Å²) in [5.74, 6) is -3.34. The van der Waals surface area contributed by atoms with Crippen molar-refractivity contribution >= 4 is 17.3 Å². The second-order valence-electron chi connectivity index (χ2n) is 4.10. The molecule has 0 fully saturated rings. The van der Waals surface area contributed by atoms with Crippen LogP contribution >= 0.6 is 11.3 Å². The molecule has 0 bridgehead atoms. The smallest absolute Gasteiger partial charge is 0.336 e. The Morgan fingerprint density at radius 3 is 2.71 bits per heavy atom. The van der Waals surface area contributed by atoms with Crippen molar-refractivity contribution in [2.45, 2.75) is 0 Å². The topological polar surface area (TPSA) is 78.9 Å². The molecule has 3 aromatic rings. The van der Waals surface area contributed by atoms with Gasteiger partial charge in [-0.1, -0.05) is 6.07 Å². The van der Waals surface area contributed by atoms with Crippen LogP contribution in [0.25, 0.3) is 22.1 Å². The molecule has 3 rings (SSSR count). The highest BCUT2D eigenvalue weighted by Crippen LogP contribution is 2.27. The van der Waals surface area contributed by atoms with Gasteiger partial charge in [0.25, 0.3) is 0 Å². The summed E-state index contributed by atoms with van der Waals surface area (Å²) >= 11 is 1.42. The van der Waals surface area contributed by atoms with Gasteiger partial charge < -0.3 is 5.11 Å². The number of hydrogen-bond donors (Lipinski definition) is 2. The third-order valence-electron chi connectivity index (χ3n) is 2.77. The Labute approximate surface area is 120 Å². The molecular formula is C13H7F2N3O2S. The van der Waals surface area contributed by atoms with Crippen LogP contribution in [0, 0.1) is 11.6 Å². The van der Waals surface area contributed by atoms with Crippen molar-refractivity contribution in [2.75, 3.05) is 0 Å². The highest BCUT2D eigenvalue weighted by atomic mass is 32.1. The van der Waals surface area contributed by atoms with Crippen molar-refractivity contribution in [1.82, 2.24) is 15.2 Å². The molecular weight excluding hydrogens is 300 g/mol. The fraction of sp³-hybridized carbons (Fsp3) is 0. The van der Waals surface area contributed by atoms with Crippen LogP contribution in [-0.2, 0) is 0 Å². The number of carboxylic acids is 1. The maximum atomic E-state index is 13.4. The van der Waals surface area contributed by atoms with Crippen molar-refractivity contribution in [2.24, 2.45) is 0 Å². The number of carboxylic acid groups (broad SMARTS) is 1. The van der Waals surface area contributed by atoms with Gasteiger partial charge in [-0.2, -0.15) is 5.10 Å². The molecule has 0 amide bonds. The van der Waals surface area contributed by atoms with Gasteiger partial charge in [0, 0.05) is 5.56 Å². The lowest BCUT2D eigenvalue weighted by molar-refractivity contribution is 0.0697. The van der Waals surface area contributed by atoms with E-state index in [1.54, 1.807) is 6.07 Å². The number of benzene rings is 1. The fourth-order valence-corrected chi connectivity index (χ4v) is 2.48. The van der Waals surface area contributed by atoms with E-state index in [1.807, 2.05) is 11.4 Å². The second-order valence-corrected chi connectivity index (χ2v) is 5.05. The molecule has 1 aromatic carbocycles. The maximum absolute atomic E-state index is 13.4. The maximum Gasteiger partial charge on any atom is 0.336 e. The summed E-state index contributed by atoms with van der Waals surface area (Å²) < 4.78 is 26.5. The van der Waals surface area contributed by atoms with Gasteiger partial charge in [-0.15, -0.1) is 11.3 Å². The zero-order chi connectivity index (χ0) is 15.0. The number of aromatic nitrogens is 3. The summed E-state index contributed by atoms with van der Waals surface area (Å²) in [5, 5.41) is 17.4. The lowest BCUT2D eigenvalue weighted by Crippen LogP contribution is -2.03. The summed E-state index contributed by atoms with van der Waals surface area (Å²) in [5.41, 5.74) is -0.480. The summed E-state index contributed by atoms with van der Waals surface area (Å²) in [4.78, 5) is 16.1.